The molecule has 0 saturated carbocycles. The van der Waals surface area contributed by atoms with Crippen LogP contribution in [0.25, 0.3) is 11.1 Å². The topological polar surface area (TPSA) is 81.3 Å². The molecule has 1 saturated heterocycles. The fourth-order valence-electron chi connectivity index (χ4n) is 4.24. The zero-order chi connectivity index (χ0) is 22.5. The van der Waals surface area contributed by atoms with E-state index in [2.05, 4.69) is 9.97 Å². The molecule has 0 unspecified atom stereocenters. The number of piperidine rings is 1. The summed E-state index contributed by atoms with van der Waals surface area (Å²) >= 11 is 0. The number of hydrogen-bond acceptors (Lipinski definition) is 5. The molecule has 1 atom stereocenters. The first-order chi connectivity index (χ1) is 15.5. The van der Waals surface area contributed by atoms with Crippen LogP contribution in [-0.2, 0) is 11.2 Å². The van der Waals surface area contributed by atoms with E-state index in [1.54, 1.807) is 25.4 Å². The zero-order valence-electron chi connectivity index (χ0n) is 18.1. The maximum absolute atomic E-state index is 13.2. The lowest BCUT2D eigenvalue weighted by molar-refractivity contribution is -0.135. The predicted molar refractivity (Wildman–Crippen MR) is 121 cm³/mol. The number of amides is 1. The highest BCUT2D eigenvalue weighted by Gasteiger charge is 2.31. The largest absolute Gasteiger partial charge is 0.497 e. The maximum Gasteiger partial charge on any atom is 0.223 e. The van der Waals surface area contributed by atoms with Crippen molar-refractivity contribution >= 4 is 11.9 Å². The Balaban J connectivity index is 1.61. The van der Waals surface area contributed by atoms with E-state index in [4.69, 9.17) is 10.5 Å². The lowest BCUT2D eigenvalue weighted by atomic mass is 9.93. The number of hydrogen-bond donors (Lipinski definition) is 1. The minimum atomic E-state index is -0.275. The molecular formula is C25H27FN4O2. The van der Waals surface area contributed by atoms with Crippen LogP contribution in [0.2, 0.25) is 0 Å². The lowest BCUT2D eigenvalue weighted by Crippen LogP contribution is -2.39. The third-order valence-electron chi connectivity index (χ3n) is 5.90. The van der Waals surface area contributed by atoms with E-state index < -0.39 is 0 Å². The van der Waals surface area contributed by atoms with Gasteiger partial charge in [0, 0.05) is 24.7 Å². The van der Waals surface area contributed by atoms with Crippen molar-refractivity contribution in [3.63, 3.8) is 0 Å². The summed E-state index contributed by atoms with van der Waals surface area (Å²) in [4.78, 5) is 23.9. The van der Waals surface area contributed by atoms with Crippen molar-refractivity contribution in [3.05, 3.63) is 71.8 Å². The molecule has 1 aliphatic heterocycles. The number of methoxy groups -OCH3 is 1. The van der Waals surface area contributed by atoms with E-state index in [0.29, 0.717) is 19.4 Å². The molecule has 1 amide bonds. The molecule has 1 aliphatic rings. The van der Waals surface area contributed by atoms with Gasteiger partial charge in [-0.2, -0.15) is 0 Å². The van der Waals surface area contributed by atoms with Gasteiger partial charge in [-0.1, -0.05) is 24.3 Å². The number of carbonyl (C=O) groups is 1. The number of aryl methyl sites for hydroxylation is 1. The molecule has 2 N–H and O–H groups in total. The second kappa shape index (κ2) is 9.77. The summed E-state index contributed by atoms with van der Waals surface area (Å²) in [7, 11) is 1.63. The number of anilines is 1. The number of ether oxygens (including phenoxy) is 1. The molecule has 7 heteroatoms. The third-order valence-corrected chi connectivity index (χ3v) is 5.90. The number of benzene rings is 2. The van der Waals surface area contributed by atoms with Gasteiger partial charge in [0.05, 0.1) is 18.8 Å². The van der Waals surface area contributed by atoms with E-state index in [1.165, 1.54) is 12.1 Å². The predicted octanol–water partition coefficient (Wildman–Crippen LogP) is 4.56. The fraction of sp³-hybridized carbons (Fsp3) is 0.320. The molecule has 1 fully saturated rings. The number of nitrogen functional groups attached to an aromatic ring is 1. The van der Waals surface area contributed by atoms with Crippen molar-refractivity contribution < 1.29 is 13.9 Å². The Morgan fingerprint density at radius 1 is 1.22 bits per heavy atom. The minimum Gasteiger partial charge on any atom is -0.497 e. The van der Waals surface area contributed by atoms with Crippen molar-refractivity contribution in [2.24, 2.45) is 0 Å². The van der Waals surface area contributed by atoms with Crippen molar-refractivity contribution in [2.75, 3.05) is 19.4 Å². The SMILES string of the molecule is COc1cccc(-c2cnc(N)nc2[C@H]2CCCCN2C(=O)CCc2ccc(F)cc2)c1. The Labute approximate surface area is 187 Å². The van der Waals surface area contributed by atoms with Gasteiger partial charge in [0.25, 0.3) is 0 Å². The molecule has 2 aromatic carbocycles. The van der Waals surface area contributed by atoms with Crippen molar-refractivity contribution in [1.29, 1.82) is 0 Å². The highest BCUT2D eigenvalue weighted by atomic mass is 19.1. The van der Waals surface area contributed by atoms with Gasteiger partial charge in [0.15, 0.2) is 0 Å². The van der Waals surface area contributed by atoms with Gasteiger partial charge in [-0.3, -0.25) is 4.79 Å². The lowest BCUT2D eigenvalue weighted by Gasteiger charge is -2.36. The molecule has 3 aromatic rings. The van der Waals surface area contributed by atoms with Crippen LogP contribution in [-0.4, -0.2) is 34.4 Å². The first kappa shape index (κ1) is 21.7. The quantitative estimate of drug-likeness (QED) is 0.615. The van der Waals surface area contributed by atoms with E-state index in [0.717, 1.165) is 47.4 Å². The summed E-state index contributed by atoms with van der Waals surface area (Å²) in [6.45, 7) is 0.675. The smallest absolute Gasteiger partial charge is 0.223 e. The molecule has 2 heterocycles. The van der Waals surface area contributed by atoms with Gasteiger partial charge < -0.3 is 15.4 Å². The highest BCUT2D eigenvalue weighted by molar-refractivity contribution is 5.78. The number of rotatable bonds is 6. The molecule has 6 nitrogen and oxygen atoms in total. The van der Waals surface area contributed by atoms with Gasteiger partial charge in [-0.25, -0.2) is 14.4 Å². The van der Waals surface area contributed by atoms with E-state index >= 15 is 0 Å². The van der Waals surface area contributed by atoms with Crippen LogP contribution in [0.15, 0.2) is 54.7 Å². The molecule has 0 bridgehead atoms. The van der Waals surface area contributed by atoms with Crippen LogP contribution in [0.1, 0.15) is 43.0 Å². The normalized spacial score (nSPS) is 16.1. The van der Waals surface area contributed by atoms with Crippen LogP contribution in [0.5, 0.6) is 5.75 Å². The molecule has 0 aliphatic carbocycles. The van der Waals surface area contributed by atoms with E-state index in [9.17, 15) is 9.18 Å². The number of carbonyl (C=O) groups excluding carboxylic acids is 1. The van der Waals surface area contributed by atoms with Gasteiger partial charge in [-0.15, -0.1) is 0 Å². The summed E-state index contributed by atoms with van der Waals surface area (Å²) in [5.41, 5.74) is 9.43. The average Bonchev–Trinajstić information content (AvgIpc) is 2.83. The Morgan fingerprint density at radius 2 is 2.03 bits per heavy atom. The molecule has 4 rings (SSSR count). The zero-order valence-corrected chi connectivity index (χ0v) is 18.1. The Bertz CT molecular complexity index is 1090. The average molecular weight is 435 g/mol. The molecule has 0 spiro atoms. The number of aromatic nitrogens is 2. The van der Waals surface area contributed by atoms with Crippen LogP contribution in [0.4, 0.5) is 10.3 Å². The van der Waals surface area contributed by atoms with Crippen molar-refractivity contribution in [3.8, 4) is 16.9 Å². The van der Waals surface area contributed by atoms with E-state index in [1.807, 2.05) is 29.2 Å². The van der Waals surface area contributed by atoms with E-state index in [-0.39, 0.29) is 23.7 Å². The highest BCUT2D eigenvalue weighted by Crippen LogP contribution is 2.37. The first-order valence-corrected chi connectivity index (χ1v) is 10.9. The number of likely N-dealkylation sites (tertiary alicyclic amines) is 1. The first-order valence-electron chi connectivity index (χ1n) is 10.9. The Morgan fingerprint density at radius 3 is 2.81 bits per heavy atom. The second-order valence-electron chi connectivity index (χ2n) is 7.98. The number of halogens is 1. The van der Waals surface area contributed by atoms with Crippen LogP contribution < -0.4 is 10.5 Å². The fourth-order valence-corrected chi connectivity index (χ4v) is 4.24. The van der Waals surface area contributed by atoms with Crippen molar-refractivity contribution in [1.82, 2.24) is 14.9 Å². The maximum atomic E-state index is 13.2. The summed E-state index contributed by atoms with van der Waals surface area (Å²) in [5.74, 6) is 0.715. The summed E-state index contributed by atoms with van der Waals surface area (Å²) < 4.78 is 18.5. The summed E-state index contributed by atoms with van der Waals surface area (Å²) in [6.07, 6.45) is 5.42. The third kappa shape index (κ3) is 4.88. The Hall–Kier alpha value is -3.48. The van der Waals surface area contributed by atoms with Crippen LogP contribution in [0.3, 0.4) is 0 Å². The van der Waals surface area contributed by atoms with Crippen LogP contribution in [0, 0.1) is 5.82 Å². The summed E-state index contributed by atoms with van der Waals surface area (Å²) in [5, 5.41) is 0. The standard InChI is InChI=1S/C25H27FN4O2/c1-32-20-6-4-5-18(15-20)21-16-28-25(27)29-24(21)22-7-2-3-14-30(22)23(31)13-10-17-8-11-19(26)12-9-17/h4-6,8-9,11-12,15-16,22H,2-3,7,10,13-14H2,1H3,(H2,27,28,29)/t22-/m1/s1. The second-order valence-corrected chi connectivity index (χ2v) is 7.98. The molecule has 0 radical (unpaired) electrons. The molecule has 166 valence electrons. The summed E-state index contributed by atoms with van der Waals surface area (Å²) in [6, 6.07) is 13.8. The van der Waals surface area contributed by atoms with Gasteiger partial charge in [0.1, 0.15) is 11.6 Å². The van der Waals surface area contributed by atoms with Gasteiger partial charge in [-0.05, 0) is 61.1 Å². The molecule has 32 heavy (non-hydrogen) atoms. The van der Waals surface area contributed by atoms with Crippen LogP contribution >= 0.6 is 0 Å². The van der Waals surface area contributed by atoms with Gasteiger partial charge in [0.2, 0.25) is 11.9 Å². The number of nitrogens with zero attached hydrogens (tertiary/aromatic N) is 3. The minimum absolute atomic E-state index is 0.0628. The number of nitrogens with two attached hydrogens (primary N) is 1. The Kier molecular flexibility index (Phi) is 6.63. The molecule has 1 aromatic heterocycles. The van der Waals surface area contributed by atoms with Gasteiger partial charge >= 0.3 is 0 Å². The molecular weight excluding hydrogens is 407 g/mol. The van der Waals surface area contributed by atoms with Crippen molar-refractivity contribution in [2.45, 2.75) is 38.1 Å². The monoisotopic (exact) mass is 434 g/mol.